The van der Waals surface area contributed by atoms with Crippen molar-refractivity contribution in [3.63, 3.8) is 0 Å². The fraction of sp³-hybridized carbons (Fsp3) is 0.280. The molecule has 0 radical (unpaired) electrons. The van der Waals surface area contributed by atoms with E-state index in [4.69, 9.17) is 9.15 Å². The number of nitrogens with one attached hydrogen (secondary N) is 1. The van der Waals surface area contributed by atoms with Crippen LogP contribution >= 0.6 is 11.8 Å². The van der Waals surface area contributed by atoms with Crippen LogP contribution in [0, 0.1) is 13.8 Å². The van der Waals surface area contributed by atoms with Crippen molar-refractivity contribution in [1.29, 1.82) is 0 Å². The molecule has 6 heteroatoms. The smallest absolute Gasteiger partial charge is 0.250 e. The molecular formula is C25H26N2O3S. The first-order chi connectivity index (χ1) is 15.0. The molecule has 1 aromatic heterocycles. The summed E-state index contributed by atoms with van der Waals surface area (Å²) in [5.74, 6) is 1.47. The minimum absolute atomic E-state index is 0.184. The second kappa shape index (κ2) is 9.02. The third-order valence-corrected chi connectivity index (χ3v) is 6.17. The molecule has 0 spiro atoms. The van der Waals surface area contributed by atoms with Crippen LogP contribution in [0.1, 0.15) is 30.5 Å². The minimum atomic E-state index is -0.184. The van der Waals surface area contributed by atoms with Gasteiger partial charge in [-0.1, -0.05) is 41.6 Å². The number of rotatable bonds is 5. The summed E-state index contributed by atoms with van der Waals surface area (Å²) in [6, 6.07) is 10.4. The molecule has 1 aliphatic rings. The van der Waals surface area contributed by atoms with Gasteiger partial charge >= 0.3 is 0 Å². The van der Waals surface area contributed by atoms with Gasteiger partial charge < -0.3 is 14.5 Å². The molecule has 2 aromatic carbocycles. The first kappa shape index (κ1) is 21.2. The van der Waals surface area contributed by atoms with Crippen LogP contribution in [0.25, 0.3) is 27.7 Å². The van der Waals surface area contributed by atoms with E-state index in [-0.39, 0.29) is 5.91 Å². The molecule has 1 N–H and O–H groups in total. The van der Waals surface area contributed by atoms with Crippen molar-refractivity contribution < 1.29 is 13.9 Å². The number of carbonyl (C=O) groups excluding carboxylic acids is 1. The van der Waals surface area contributed by atoms with Crippen molar-refractivity contribution in [2.45, 2.75) is 27.7 Å². The predicted octanol–water partition coefficient (Wildman–Crippen LogP) is 5.74. The van der Waals surface area contributed by atoms with E-state index in [0.29, 0.717) is 11.8 Å². The number of amidine groups is 1. The Balaban J connectivity index is 1.79. The van der Waals surface area contributed by atoms with E-state index in [1.807, 2.05) is 20.8 Å². The van der Waals surface area contributed by atoms with Crippen LogP contribution in [0.3, 0.4) is 0 Å². The van der Waals surface area contributed by atoms with Gasteiger partial charge in [-0.05, 0) is 44.9 Å². The first-order valence-corrected chi connectivity index (χ1v) is 11.4. The van der Waals surface area contributed by atoms with Gasteiger partial charge in [0.1, 0.15) is 11.3 Å². The number of fused-ring (bicyclic) bond motifs is 1. The van der Waals surface area contributed by atoms with Gasteiger partial charge in [-0.3, -0.25) is 9.79 Å². The predicted molar refractivity (Wildman–Crippen MR) is 129 cm³/mol. The number of nitrogens with zero attached hydrogens (tertiary/aromatic N) is 1. The van der Waals surface area contributed by atoms with Crippen LogP contribution < -0.4 is 10.1 Å². The Kier molecular flexibility index (Phi) is 6.18. The maximum Gasteiger partial charge on any atom is 0.250 e. The molecule has 0 atom stereocenters. The summed E-state index contributed by atoms with van der Waals surface area (Å²) in [5, 5.41) is 4.54. The second-order valence-electron chi connectivity index (χ2n) is 7.56. The Bertz CT molecular complexity index is 1190. The molecular weight excluding hydrogens is 408 g/mol. The highest BCUT2D eigenvalue weighted by Gasteiger charge is 2.19. The SMILES string of the molecule is CCOc1c(/C(C)=C/C(=O)NC2=NCCS2)cc2c(-c3ccc(C)cc3)coc2c1C. The van der Waals surface area contributed by atoms with Gasteiger partial charge in [-0.25, -0.2) is 0 Å². The Hall–Kier alpha value is -2.99. The lowest BCUT2D eigenvalue weighted by Gasteiger charge is -2.15. The third-order valence-electron chi connectivity index (χ3n) is 5.28. The van der Waals surface area contributed by atoms with E-state index < -0.39 is 0 Å². The fourth-order valence-corrected chi connectivity index (χ4v) is 4.45. The van der Waals surface area contributed by atoms with Crippen LogP contribution in [0.2, 0.25) is 0 Å². The van der Waals surface area contributed by atoms with Gasteiger partial charge in [-0.15, -0.1) is 0 Å². The summed E-state index contributed by atoms with van der Waals surface area (Å²) in [4.78, 5) is 16.8. The van der Waals surface area contributed by atoms with Crippen molar-refractivity contribution in [2.75, 3.05) is 18.9 Å². The van der Waals surface area contributed by atoms with Gasteiger partial charge in [-0.2, -0.15) is 0 Å². The molecule has 0 bridgehead atoms. The number of thioether (sulfide) groups is 1. The molecule has 3 aromatic rings. The Labute approximate surface area is 186 Å². The van der Waals surface area contributed by atoms with Crippen molar-refractivity contribution >= 4 is 39.4 Å². The number of hydrogen-bond acceptors (Lipinski definition) is 5. The Morgan fingerprint density at radius 3 is 2.74 bits per heavy atom. The highest BCUT2D eigenvalue weighted by atomic mass is 32.2. The normalized spacial score (nSPS) is 14.1. The van der Waals surface area contributed by atoms with Crippen molar-refractivity contribution in [1.82, 2.24) is 5.32 Å². The maximum atomic E-state index is 12.5. The lowest BCUT2D eigenvalue weighted by Crippen LogP contribution is -2.25. The van der Waals surface area contributed by atoms with E-state index >= 15 is 0 Å². The van der Waals surface area contributed by atoms with Crippen LogP contribution in [-0.2, 0) is 4.79 Å². The average Bonchev–Trinajstić information content (AvgIpc) is 3.40. The number of aliphatic imine (C=N–C) groups is 1. The number of carbonyl (C=O) groups is 1. The lowest BCUT2D eigenvalue weighted by molar-refractivity contribution is -0.115. The first-order valence-electron chi connectivity index (χ1n) is 10.4. The minimum Gasteiger partial charge on any atom is -0.493 e. The highest BCUT2D eigenvalue weighted by molar-refractivity contribution is 8.14. The number of aryl methyl sites for hydroxylation is 2. The Morgan fingerprint density at radius 2 is 2.06 bits per heavy atom. The van der Waals surface area contributed by atoms with Crippen molar-refractivity contribution in [3.8, 4) is 16.9 Å². The molecule has 0 saturated carbocycles. The molecule has 5 nitrogen and oxygen atoms in total. The van der Waals surface area contributed by atoms with E-state index in [1.165, 1.54) is 5.56 Å². The standard InChI is InChI=1S/C25H26N2O3S/c1-5-29-23-17(4)24-20(21(14-30-24)18-8-6-15(2)7-9-18)13-19(23)16(3)12-22(28)27-25-26-10-11-31-25/h6-9,12-14H,5,10-11H2,1-4H3,(H,26,27,28)/b16-12+. The monoisotopic (exact) mass is 434 g/mol. The van der Waals surface area contributed by atoms with Crippen LogP contribution in [0.4, 0.5) is 0 Å². The average molecular weight is 435 g/mol. The maximum absolute atomic E-state index is 12.5. The zero-order valence-electron chi connectivity index (χ0n) is 18.2. The van der Waals surface area contributed by atoms with Crippen molar-refractivity contribution in [2.24, 2.45) is 4.99 Å². The molecule has 0 unspecified atom stereocenters. The second-order valence-corrected chi connectivity index (χ2v) is 8.64. The largest absolute Gasteiger partial charge is 0.493 e. The zero-order chi connectivity index (χ0) is 22.0. The highest BCUT2D eigenvalue weighted by Crippen LogP contribution is 2.40. The van der Waals surface area contributed by atoms with E-state index in [2.05, 4.69) is 47.6 Å². The fourth-order valence-electron chi connectivity index (χ4n) is 3.72. The van der Waals surface area contributed by atoms with Crippen molar-refractivity contribution in [3.05, 3.63) is 59.4 Å². The molecule has 160 valence electrons. The molecule has 1 amide bonds. The molecule has 1 aliphatic heterocycles. The van der Waals surface area contributed by atoms with Gasteiger partial charge in [0.25, 0.3) is 0 Å². The molecule has 2 heterocycles. The number of furan rings is 1. The van der Waals surface area contributed by atoms with E-state index in [1.54, 1.807) is 24.1 Å². The number of ether oxygens (including phenoxy) is 1. The number of allylic oxidation sites excluding steroid dienone is 1. The summed E-state index contributed by atoms with van der Waals surface area (Å²) in [5.41, 5.74) is 6.77. The van der Waals surface area contributed by atoms with E-state index in [0.717, 1.165) is 56.8 Å². The van der Waals surface area contributed by atoms with Gasteiger partial charge in [0.05, 0.1) is 19.4 Å². The van der Waals surface area contributed by atoms with Crippen LogP contribution in [-0.4, -0.2) is 30.0 Å². The summed E-state index contributed by atoms with van der Waals surface area (Å²) in [6.45, 7) is 9.22. The van der Waals surface area contributed by atoms with E-state index in [9.17, 15) is 4.79 Å². The van der Waals surface area contributed by atoms with Crippen LogP contribution in [0.5, 0.6) is 5.75 Å². The number of benzene rings is 2. The lowest BCUT2D eigenvalue weighted by atomic mass is 9.96. The van der Waals surface area contributed by atoms with Gasteiger partial charge in [0.15, 0.2) is 5.17 Å². The molecule has 4 rings (SSSR count). The summed E-state index contributed by atoms with van der Waals surface area (Å²) < 4.78 is 11.9. The number of amides is 1. The summed E-state index contributed by atoms with van der Waals surface area (Å²) >= 11 is 1.56. The summed E-state index contributed by atoms with van der Waals surface area (Å²) in [6.07, 6.45) is 3.40. The van der Waals surface area contributed by atoms with Crippen LogP contribution in [0.15, 0.2) is 52.1 Å². The Morgan fingerprint density at radius 1 is 1.29 bits per heavy atom. The molecule has 31 heavy (non-hydrogen) atoms. The topological polar surface area (TPSA) is 63.8 Å². The zero-order valence-corrected chi connectivity index (χ0v) is 19.1. The van der Waals surface area contributed by atoms with Gasteiger partial charge in [0.2, 0.25) is 5.91 Å². The summed E-state index contributed by atoms with van der Waals surface area (Å²) in [7, 11) is 0. The molecule has 0 fully saturated rings. The molecule has 0 aliphatic carbocycles. The quantitative estimate of drug-likeness (QED) is 0.520. The third kappa shape index (κ3) is 4.39. The molecule has 0 saturated heterocycles. The van der Waals surface area contributed by atoms with Gasteiger partial charge in [0, 0.05) is 33.9 Å². The number of hydrogen-bond donors (Lipinski definition) is 1.